The number of carbonyl (C=O) groups excluding carboxylic acids is 2. The van der Waals surface area contributed by atoms with E-state index < -0.39 is 5.91 Å². The fourth-order valence-electron chi connectivity index (χ4n) is 4.34. The molecule has 0 spiro atoms. The Kier molecular flexibility index (Phi) is 7.88. The second kappa shape index (κ2) is 11.6. The van der Waals surface area contributed by atoms with Gasteiger partial charge in [0, 0.05) is 13.1 Å². The molecule has 2 aromatic rings. The zero-order valence-electron chi connectivity index (χ0n) is 21.2. The van der Waals surface area contributed by atoms with Crippen LogP contribution in [-0.2, 0) is 9.59 Å². The molecule has 1 fully saturated rings. The lowest BCUT2D eigenvalue weighted by molar-refractivity contribution is -0.130. The Morgan fingerprint density at radius 2 is 1.79 bits per heavy atom. The van der Waals surface area contributed by atoms with Crippen LogP contribution in [0.3, 0.4) is 0 Å². The standard InChI is InChI=1S/C28H29N5O4S/c1-19-6-5-7-22(16-19)37-15-14-36-21-10-8-20(9-11-21)17-23-26(29)33-28(30-27(23)35)38-24(31-33)18-25(34)32-12-3-2-4-13-32/h5-11,16-17,29H,2-4,12-15,18H2,1H3/b23-17-,29-26?. The SMILES string of the molecule is Cc1cccc(OCCOc2ccc(/C=C3/C(=N)N4N=C(CC(=O)N5CCCCC5)SC4=NC3=O)cc2)c1. The van der Waals surface area contributed by atoms with E-state index in [2.05, 4.69) is 10.1 Å². The van der Waals surface area contributed by atoms with Gasteiger partial charge in [-0.2, -0.15) is 15.1 Å². The van der Waals surface area contributed by atoms with Crippen LogP contribution < -0.4 is 9.47 Å². The minimum atomic E-state index is -0.499. The largest absolute Gasteiger partial charge is 0.490 e. The molecule has 1 N–H and O–H groups in total. The Morgan fingerprint density at radius 3 is 2.53 bits per heavy atom. The van der Waals surface area contributed by atoms with Crippen LogP contribution in [0.25, 0.3) is 6.08 Å². The summed E-state index contributed by atoms with van der Waals surface area (Å²) < 4.78 is 11.5. The van der Waals surface area contributed by atoms with Crippen molar-refractivity contribution in [2.24, 2.45) is 10.1 Å². The van der Waals surface area contributed by atoms with Crippen molar-refractivity contribution in [3.63, 3.8) is 0 Å². The summed E-state index contributed by atoms with van der Waals surface area (Å²) in [7, 11) is 0. The van der Waals surface area contributed by atoms with Crippen molar-refractivity contribution in [1.29, 1.82) is 5.41 Å². The summed E-state index contributed by atoms with van der Waals surface area (Å²) in [5.74, 6) is 0.952. The summed E-state index contributed by atoms with van der Waals surface area (Å²) in [6, 6.07) is 15.1. The van der Waals surface area contributed by atoms with Gasteiger partial charge in [0.25, 0.3) is 5.91 Å². The Bertz CT molecular complexity index is 1330. The highest BCUT2D eigenvalue weighted by atomic mass is 32.2. The van der Waals surface area contributed by atoms with Crippen molar-refractivity contribution >= 4 is 45.7 Å². The number of nitrogens with one attached hydrogen (secondary N) is 1. The predicted octanol–water partition coefficient (Wildman–Crippen LogP) is 4.47. The lowest BCUT2D eigenvalue weighted by atomic mass is 10.1. The summed E-state index contributed by atoms with van der Waals surface area (Å²) in [5, 5.41) is 15.2. The van der Waals surface area contributed by atoms with E-state index in [0.29, 0.717) is 29.2 Å². The van der Waals surface area contributed by atoms with Crippen molar-refractivity contribution in [2.75, 3.05) is 26.3 Å². The second-order valence-corrected chi connectivity index (χ2v) is 10.3. The molecule has 9 nitrogen and oxygen atoms in total. The number of piperidine rings is 1. The first-order chi connectivity index (χ1) is 18.5. The molecular formula is C28H29N5O4S. The number of hydrogen-bond donors (Lipinski definition) is 1. The van der Waals surface area contributed by atoms with E-state index in [1.54, 1.807) is 18.2 Å². The molecular weight excluding hydrogens is 502 g/mol. The van der Waals surface area contributed by atoms with E-state index in [4.69, 9.17) is 14.9 Å². The highest BCUT2D eigenvalue weighted by Crippen LogP contribution is 2.30. The number of benzene rings is 2. The molecule has 3 aliphatic rings. The maximum absolute atomic E-state index is 12.7. The fraction of sp³-hybridized carbons (Fsp3) is 0.321. The molecule has 5 rings (SSSR count). The third-order valence-corrected chi connectivity index (χ3v) is 7.22. The van der Waals surface area contributed by atoms with Crippen LogP contribution in [0, 0.1) is 12.3 Å². The van der Waals surface area contributed by atoms with Gasteiger partial charge in [0.1, 0.15) is 29.8 Å². The number of hydrazone groups is 1. The molecule has 0 radical (unpaired) electrons. The smallest absolute Gasteiger partial charge is 0.283 e. The van der Waals surface area contributed by atoms with Crippen LogP contribution in [0.5, 0.6) is 11.5 Å². The minimum Gasteiger partial charge on any atom is -0.490 e. The van der Waals surface area contributed by atoms with Crippen LogP contribution in [-0.4, -0.2) is 64.1 Å². The summed E-state index contributed by atoms with van der Waals surface area (Å²) >= 11 is 1.18. The van der Waals surface area contributed by atoms with Crippen molar-refractivity contribution in [3.8, 4) is 11.5 Å². The molecule has 2 amide bonds. The van der Waals surface area contributed by atoms with Gasteiger partial charge >= 0.3 is 0 Å². The van der Waals surface area contributed by atoms with Gasteiger partial charge in [0.05, 0.1) is 12.0 Å². The summed E-state index contributed by atoms with van der Waals surface area (Å²) in [6.07, 6.45) is 4.96. The molecule has 1 saturated heterocycles. The van der Waals surface area contributed by atoms with E-state index in [1.165, 1.54) is 16.8 Å². The summed E-state index contributed by atoms with van der Waals surface area (Å²) in [6.45, 7) is 4.37. The Morgan fingerprint density at radius 1 is 1.05 bits per heavy atom. The third kappa shape index (κ3) is 6.13. The van der Waals surface area contributed by atoms with Gasteiger partial charge in [-0.05, 0) is 79.4 Å². The van der Waals surface area contributed by atoms with Crippen LogP contribution in [0.15, 0.2) is 64.2 Å². The number of carbonyl (C=O) groups is 2. The number of ether oxygens (including phenoxy) is 2. The van der Waals surface area contributed by atoms with Crippen LogP contribution >= 0.6 is 11.8 Å². The Balaban J connectivity index is 1.17. The third-order valence-electron chi connectivity index (χ3n) is 6.31. The molecule has 3 heterocycles. The van der Waals surface area contributed by atoms with Crippen LogP contribution in [0.1, 0.15) is 36.8 Å². The normalized spacial score (nSPS) is 18.3. The number of likely N-dealkylation sites (tertiary alicyclic amines) is 1. The van der Waals surface area contributed by atoms with Gasteiger partial charge in [-0.1, -0.05) is 24.3 Å². The Labute approximate surface area is 225 Å². The average Bonchev–Trinajstić information content (AvgIpc) is 3.32. The maximum atomic E-state index is 12.7. The molecule has 3 aliphatic heterocycles. The number of rotatable bonds is 8. The number of aliphatic imine (C=N–C) groups is 1. The molecule has 0 atom stereocenters. The molecule has 10 heteroatoms. The zero-order chi connectivity index (χ0) is 26.5. The number of amidine groups is 2. The lowest BCUT2D eigenvalue weighted by Crippen LogP contribution is -2.36. The first-order valence-electron chi connectivity index (χ1n) is 12.7. The quantitative estimate of drug-likeness (QED) is 0.398. The molecule has 0 unspecified atom stereocenters. The topological polar surface area (TPSA) is 108 Å². The summed E-state index contributed by atoms with van der Waals surface area (Å²) in [5.41, 5.74) is 2.01. The number of hydrogen-bond acceptors (Lipinski definition) is 7. The van der Waals surface area contributed by atoms with Crippen molar-refractivity contribution in [2.45, 2.75) is 32.6 Å². The van der Waals surface area contributed by atoms with Crippen LogP contribution in [0.4, 0.5) is 0 Å². The van der Waals surface area contributed by atoms with Crippen molar-refractivity contribution in [3.05, 3.63) is 65.2 Å². The van der Waals surface area contributed by atoms with Gasteiger partial charge in [0.15, 0.2) is 5.84 Å². The predicted molar refractivity (Wildman–Crippen MR) is 149 cm³/mol. The van der Waals surface area contributed by atoms with E-state index in [9.17, 15) is 9.59 Å². The van der Waals surface area contributed by atoms with Crippen LogP contribution in [0.2, 0.25) is 0 Å². The molecule has 196 valence electrons. The van der Waals surface area contributed by atoms with Gasteiger partial charge in [-0.3, -0.25) is 15.0 Å². The molecule has 0 aromatic heterocycles. The first-order valence-corrected chi connectivity index (χ1v) is 13.5. The van der Waals surface area contributed by atoms with E-state index >= 15 is 0 Å². The summed E-state index contributed by atoms with van der Waals surface area (Å²) in [4.78, 5) is 31.3. The highest BCUT2D eigenvalue weighted by molar-refractivity contribution is 8.27. The van der Waals surface area contributed by atoms with Gasteiger partial charge in [-0.15, -0.1) is 0 Å². The lowest BCUT2D eigenvalue weighted by Gasteiger charge is -2.26. The minimum absolute atomic E-state index is 0.0223. The number of nitrogens with zero attached hydrogens (tertiary/aromatic N) is 4. The molecule has 0 saturated carbocycles. The molecule has 0 aliphatic carbocycles. The molecule has 0 bridgehead atoms. The van der Waals surface area contributed by atoms with E-state index in [0.717, 1.165) is 49.2 Å². The van der Waals surface area contributed by atoms with Crippen molar-refractivity contribution in [1.82, 2.24) is 9.91 Å². The van der Waals surface area contributed by atoms with Gasteiger partial charge < -0.3 is 14.4 Å². The van der Waals surface area contributed by atoms with Crippen molar-refractivity contribution < 1.29 is 19.1 Å². The Hall–Kier alpha value is -3.92. The first kappa shape index (κ1) is 25.7. The number of aryl methyl sites for hydroxylation is 1. The average molecular weight is 532 g/mol. The van der Waals surface area contributed by atoms with E-state index in [-0.39, 0.29) is 23.7 Å². The molecule has 2 aromatic carbocycles. The monoisotopic (exact) mass is 531 g/mol. The molecule has 38 heavy (non-hydrogen) atoms. The fourth-order valence-corrected chi connectivity index (χ4v) is 5.21. The highest BCUT2D eigenvalue weighted by Gasteiger charge is 2.36. The van der Waals surface area contributed by atoms with E-state index in [1.807, 2.05) is 48.2 Å². The number of amides is 2. The number of thioether (sulfide) groups is 1. The maximum Gasteiger partial charge on any atom is 0.283 e. The second-order valence-electron chi connectivity index (χ2n) is 9.21. The zero-order valence-corrected chi connectivity index (χ0v) is 22.0. The van der Waals surface area contributed by atoms with Gasteiger partial charge in [0.2, 0.25) is 11.1 Å². The van der Waals surface area contributed by atoms with Gasteiger partial charge in [-0.25, -0.2) is 0 Å². The number of fused-ring (bicyclic) bond motifs is 1.